The quantitative estimate of drug-likeness (QED) is 0.312. The van der Waals surface area contributed by atoms with Crippen LogP contribution in [0.4, 0.5) is 5.69 Å². The summed E-state index contributed by atoms with van der Waals surface area (Å²) in [7, 11) is 1.58. The number of aromatic nitrogens is 3. The van der Waals surface area contributed by atoms with Gasteiger partial charge in [-0.15, -0.1) is 0 Å². The number of nitriles is 1. The fourth-order valence-electron chi connectivity index (χ4n) is 3.05. The smallest absolute Gasteiger partial charge is 0.271 e. The number of hydrogen-bond acceptors (Lipinski definition) is 5. The van der Waals surface area contributed by atoms with Gasteiger partial charge in [0.05, 0.1) is 34.3 Å². The fourth-order valence-corrected chi connectivity index (χ4v) is 3.05. The molecule has 0 spiro atoms. The minimum absolute atomic E-state index is 0.00197. The molecule has 4 rings (SSSR count). The van der Waals surface area contributed by atoms with Gasteiger partial charge in [0.1, 0.15) is 17.6 Å². The Morgan fingerprint density at radius 1 is 1.28 bits per heavy atom. The van der Waals surface area contributed by atoms with E-state index in [4.69, 9.17) is 4.74 Å². The highest BCUT2D eigenvalue weighted by Gasteiger charge is 2.12. The summed E-state index contributed by atoms with van der Waals surface area (Å²) < 4.78 is 6.99. The predicted octanol–water partition coefficient (Wildman–Crippen LogP) is 4.33. The lowest BCUT2D eigenvalue weighted by atomic mass is 10.2. The Labute approximate surface area is 165 Å². The van der Waals surface area contributed by atoms with Crippen molar-refractivity contribution in [1.29, 1.82) is 5.26 Å². The molecule has 8 nitrogen and oxygen atoms in total. The van der Waals surface area contributed by atoms with Gasteiger partial charge in [-0.2, -0.15) is 5.26 Å². The minimum Gasteiger partial charge on any atom is -0.497 e. The Morgan fingerprint density at radius 3 is 2.90 bits per heavy atom. The van der Waals surface area contributed by atoms with Crippen molar-refractivity contribution in [2.75, 3.05) is 7.11 Å². The molecule has 0 amide bonds. The van der Waals surface area contributed by atoms with Gasteiger partial charge in [-0.05, 0) is 36.4 Å². The van der Waals surface area contributed by atoms with Gasteiger partial charge in [0.25, 0.3) is 5.69 Å². The predicted molar refractivity (Wildman–Crippen MR) is 109 cm³/mol. The third-order valence-corrected chi connectivity index (χ3v) is 4.46. The van der Waals surface area contributed by atoms with Crippen LogP contribution in [0.2, 0.25) is 0 Å². The van der Waals surface area contributed by atoms with Gasteiger partial charge in [0.15, 0.2) is 0 Å². The third kappa shape index (κ3) is 3.44. The molecule has 0 atom stereocenters. The second-order valence-electron chi connectivity index (χ2n) is 6.22. The van der Waals surface area contributed by atoms with E-state index in [0.29, 0.717) is 28.5 Å². The van der Waals surface area contributed by atoms with Gasteiger partial charge in [-0.1, -0.05) is 6.07 Å². The van der Waals surface area contributed by atoms with Crippen LogP contribution in [-0.2, 0) is 0 Å². The highest BCUT2D eigenvalue weighted by atomic mass is 16.6. The molecule has 142 valence electrons. The lowest BCUT2D eigenvalue weighted by Gasteiger charge is -2.06. The molecule has 1 N–H and O–H groups in total. The highest BCUT2D eigenvalue weighted by Crippen LogP contribution is 2.24. The van der Waals surface area contributed by atoms with E-state index in [9.17, 15) is 15.4 Å². The van der Waals surface area contributed by atoms with Crippen LogP contribution in [0, 0.1) is 21.4 Å². The Hall–Kier alpha value is -4.38. The lowest BCUT2D eigenvalue weighted by Crippen LogP contribution is -1.97. The molecule has 4 aromatic rings. The van der Waals surface area contributed by atoms with Crippen molar-refractivity contribution >= 4 is 28.4 Å². The number of benzene rings is 2. The number of H-pyrrole nitrogens is 1. The van der Waals surface area contributed by atoms with E-state index in [1.165, 1.54) is 12.1 Å². The van der Waals surface area contributed by atoms with Crippen LogP contribution in [0.15, 0.2) is 60.8 Å². The van der Waals surface area contributed by atoms with Crippen molar-refractivity contribution in [3.8, 4) is 17.5 Å². The molecular weight excluding hydrogens is 370 g/mol. The number of nitrogens with one attached hydrogen (secondary N) is 1. The number of nitrogens with zero attached hydrogens (tertiary/aromatic N) is 4. The van der Waals surface area contributed by atoms with Crippen molar-refractivity contribution in [3.05, 3.63) is 82.4 Å². The Bertz CT molecular complexity index is 1290. The molecule has 0 saturated carbocycles. The fraction of sp³-hybridized carbons (Fsp3) is 0.0476. The Morgan fingerprint density at radius 2 is 2.14 bits per heavy atom. The van der Waals surface area contributed by atoms with Gasteiger partial charge >= 0.3 is 0 Å². The first-order valence-corrected chi connectivity index (χ1v) is 8.67. The van der Waals surface area contributed by atoms with Gasteiger partial charge in [0, 0.05) is 30.1 Å². The number of imidazole rings is 1. The SMILES string of the molecule is COc1ccc2nc(/C(C#N)=C\c3cccn3-c3cccc([N+](=O)[O-])c3)[nH]c2c1. The Balaban J connectivity index is 1.76. The molecule has 0 saturated heterocycles. The molecule has 8 heteroatoms. The number of fused-ring (bicyclic) bond motifs is 1. The summed E-state index contributed by atoms with van der Waals surface area (Å²) in [4.78, 5) is 18.2. The molecule has 0 bridgehead atoms. The van der Waals surface area contributed by atoms with Gasteiger partial charge < -0.3 is 14.3 Å². The van der Waals surface area contributed by atoms with Crippen molar-refractivity contribution in [2.24, 2.45) is 0 Å². The second kappa shape index (κ2) is 7.32. The second-order valence-corrected chi connectivity index (χ2v) is 6.22. The van der Waals surface area contributed by atoms with Crippen LogP contribution >= 0.6 is 0 Å². The number of nitro groups is 1. The monoisotopic (exact) mass is 385 g/mol. The molecule has 2 aromatic carbocycles. The van der Waals surface area contributed by atoms with Gasteiger partial charge in [0.2, 0.25) is 0 Å². The van der Waals surface area contributed by atoms with E-state index < -0.39 is 4.92 Å². The number of aromatic amines is 1. The molecule has 0 aliphatic heterocycles. The maximum Gasteiger partial charge on any atom is 0.271 e. The number of allylic oxidation sites excluding steroid dienone is 1. The summed E-state index contributed by atoms with van der Waals surface area (Å²) in [5, 5.41) is 20.7. The lowest BCUT2D eigenvalue weighted by molar-refractivity contribution is -0.384. The summed E-state index contributed by atoms with van der Waals surface area (Å²) >= 11 is 0. The maximum atomic E-state index is 11.1. The number of non-ortho nitro benzene ring substituents is 1. The minimum atomic E-state index is -0.439. The van der Waals surface area contributed by atoms with E-state index in [1.807, 2.05) is 24.3 Å². The van der Waals surface area contributed by atoms with Crippen LogP contribution in [0.25, 0.3) is 28.4 Å². The summed E-state index contributed by atoms with van der Waals surface area (Å²) in [5.41, 5.74) is 3.14. The zero-order valence-corrected chi connectivity index (χ0v) is 15.4. The van der Waals surface area contributed by atoms with Crippen LogP contribution < -0.4 is 4.74 Å². The molecular formula is C21H15N5O3. The molecule has 0 unspecified atom stereocenters. The average molecular weight is 385 g/mol. The van der Waals surface area contributed by atoms with E-state index in [-0.39, 0.29) is 5.69 Å². The van der Waals surface area contributed by atoms with Crippen molar-refractivity contribution < 1.29 is 9.66 Å². The van der Waals surface area contributed by atoms with Gasteiger partial charge in [-0.25, -0.2) is 4.98 Å². The summed E-state index contributed by atoms with van der Waals surface area (Å²) in [5.74, 6) is 1.12. The van der Waals surface area contributed by atoms with Crippen LogP contribution in [0.5, 0.6) is 5.75 Å². The zero-order chi connectivity index (χ0) is 20.4. The van der Waals surface area contributed by atoms with Crippen molar-refractivity contribution in [3.63, 3.8) is 0 Å². The van der Waals surface area contributed by atoms with E-state index in [0.717, 1.165) is 11.0 Å². The van der Waals surface area contributed by atoms with Crippen LogP contribution in [0.3, 0.4) is 0 Å². The molecule has 2 heterocycles. The number of hydrogen-bond donors (Lipinski definition) is 1. The highest BCUT2D eigenvalue weighted by molar-refractivity contribution is 5.90. The Kier molecular flexibility index (Phi) is 4.55. The number of rotatable bonds is 5. The van der Waals surface area contributed by atoms with Crippen LogP contribution in [0.1, 0.15) is 11.5 Å². The van der Waals surface area contributed by atoms with E-state index >= 15 is 0 Å². The number of methoxy groups -OCH3 is 1. The maximum absolute atomic E-state index is 11.1. The first-order valence-electron chi connectivity index (χ1n) is 8.67. The molecule has 0 aliphatic rings. The van der Waals surface area contributed by atoms with Gasteiger partial charge in [-0.3, -0.25) is 10.1 Å². The molecule has 29 heavy (non-hydrogen) atoms. The topological polar surface area (TPSA) is 110 Å². The first-order chi connectivity index (χ1) is 14.1. The van der Waals surface area contributed by atoms with E-state index in [1.54, 1.807) is 42.1 Å². The van der Waals surface area contributed by atoms with Crippen molar-refractivity contribution in [2.45, 2.75) is 0 Å². The molecule has 0 radical (unpaired) electrons. The molecule has 0 aliphatic carbocycles. The zero-order valence-electron chi connectivity index (χ0n) is 15.4. The summed E-state index contributed by atoms with van der Waals surface area (Å²) in [6.45, 7) is 0. The molecule has 0 fully saturated rings. The van der Waals surface area contributed by atoms with Crippen LogP contribution in [-0.4, -0.2) is 26.6 Å². The van der Waals surface area contributed by atoms with E-state index in [2.05, 4.69) is 16.0 Å². The normalized spacial score (nSPS) is 11.4. The number of nitro benzene ring substituents is 1. The summed E-state index contributed by atoms with van der Waals surface area (Å²) in [6, 6.07) is 17.5. The number of ether oxygens (including phenoxy) is 1. The van der Waals surface area contributed by atoms with Crippen molar-refractivity contribution in [1.82, 2.24) is 14.5 Å². The largest absolute Gasteiger partial charge is 0.497 e. The average Bonchev–Trinajstić information content (AvgIpc) is 3.38. The first kappa shape index (κ1) is 18.0. The third-order valence-electron chi connectivity index (χ3n) is 4.46. The molecule has 2 aromatic heterocycles. The standard InChI is InChI=1S/C21H15N5O3/c1-29-18-7-8-19-20(12-18)24-21(23-19)14(13-22)10-15-6-3-9-25(15)16-4-2-5-17(11-16)26(27)28/h2-12H,1H3,(H,23,24)/b14-10-. The summed E-state index contributed by atoms with van der Waals surface area (Å²) in [6.07, 6.45) is 3.47.